The molecule has 2 aliphatic heterocycles. The summed E-state index contributed by atoms with van der Waals surface area (Å²) >= 11 is 0. The fourth-order valence-corrected chi connectivity index (χ4v) is 7.74. The van der Waals surface area contributed by atoms with E-state index in [-0.39, 0.29) is 63.8 Å². The van der Waals surface area contributed by atoms with E-state index in [1.54, 1.807) is 18.2 Å². The van der Waals surface area contributed by atoms with Crippen LogP contribution in [0.4, 0.5) is 5.69 Å². The van der Waals surface area contributed by atoms with Crippen LogP contribution in [0.2, 0.25) is 0 Å². The Kier molecular flexibility index (Phi) is 11.8. The second kappa shape index (κ2) is 14.3. The van der Waals surface area contributed by atoms with Crippen LogP contribution in [0.5, 0.6) is 0 Å². The number of terminal acetylenes is 1. The molecule has 4 rings (SSSR count). The van der Waals surface area contributed by atoms with Crippen molar-refractivity contribution in [3.8, 4) is 12.3 Å². The third-order valence-corrected chi connectivity index (χ3v) is 10.8. The fraction of sp³-hybridized carbons (Fsp3) is 0.455. The predicted octanol–water partition coefficient (Wildman–Crippen LogP) is 0.549. The van der Waals surface area contributed by atoms with E-state index in [0.29, 0.717) is 19.4 Å². The SMILES string of the molecule is C#CCNC(=O)CCCCCN1C(=CC=CC2=[N+](C)C3C=CC(S(=O)(=O)[O-])=CC3C2(C)C)C(C)(C)c2cc(S(=O)(=O)[O-])ccc21.[Na+]. The Labute approximate surface area is 295 Å². The van der Waals surface area contributed by atoms with Gasteiger partial charge in [0.1, 0.15) is 27.3 Å². The van der Waals surface area contributed by atoms with Crippen LogP contribution in [0.25, 0.3) is 0 Å². The zero-order chi connectivity index (χ0) is 33.4. The zero-order valence-corrected chi connectivity index (χ0v) is 30.9. The van der Waals surface area contributed by atoms with Gasteiger partial charge >= 0.3 is 29.6 Å². The minimum atomic E-state index is -4.65. The quantitative estimate of drug-likeness (QED) is 0.117. The Hall–Kier alpha value is -2.50. The number of allylic oxidation sites excluding steroid dienone is 5. The number of benzene rings is 1. The van der Waals surface area contributed by atoms with Gasteiger partial charge in [-0.2, -0.15) is 0 Å². The number of anilines is 1. The number of carbonyl (C=O) groups excluding carboxylic acids is 1. The van der Waals surface area contributed by atoms with Crippen molar-refractivity contribution < 1.29 is 64.9 Å². The number of hydrogen-bond acceptors (Lipinski definition) is 8. The number of nitrogens with one attached hydrogen (secondary N) is 1. The number of nitrogens with zero attached hydrogens (tertiary/aromatic N) is 2. The number of likely N-dealkylation sites (N-methyl/N-ethyl adjacent to an activating group) is 1. The molecule has 1 aromatic rings. The van der Waals surface area contributed by atoms with E-state index < -0.39 is 31.1 Å². The number of fused-ring (bicyclic) bond motifs is 2. The molecule has 2 heterocycles. The van der Waals surface area contributed by atoms with Crippen molar-refractivity contribution >= 4 is 37.5 Å². The predicted molar refractivity (Wildman–Crippen MR) is 171 cm³/mol. The van der Waals surface area contributed by atoms with Crippen molar-refractivity contribution in [2.24, 2.45) is 11.3 Å². The van der Waals surface area contributed by atoms with E-state index in [2.05, 4.69) is 20.7 Å². The van der Waals surface area contributed by atoms with E-state index in [4.69, 9.17) is 6.42 Å². The fourth-order valence-electron chi connectivity index (χ4n) is 6.69. The maximum Gasteiger partial charge on any atom is 1.00 e. The summed E-state index contributed by atoms with van der Waals surface area (Å²) in [6.45, 7) is 8.81. The third-order valence-electron chi connectivity index (χ3n) is 9.11. The molecule has 1 amide bonds. The molecule has 0 saturated carbocycles. The number of carbonyl (C=O) groups is 1. The van der Waals surface area contributed by atoms with Gasteiger partial charge in [0.05, 0.1) is 27.7 Å². The summed E-state index contributed by atoms with van der Waals surface area (Å²) in [6, 6.07) is 4.36. The first-order valence-corrected chi connectivity index (χ1v) is 17.7. The normalized spacial score (nSPS) is 22.3. The van der Waals surface area contributed by atoms with Crippen LogP contribution in [0.3, 0.4) is 0 Å². The Bertz CT molecular complexity index is 1800. The van der Waals surface area contributed by atoms with Gasteiger partial charge in [-0.25, -0.2) is 21.4 Å². The molecule has 242 valence electrons. The van der Waals surface area contributed by atoms with Crippen LogP contribution in [0, 0.1) is 23.7 Å². The van der Waals surface area contributed by atoms with Crippen LogP contribution < -0.4 is 39.8 Å². The zero-order valence-electron chi connectivity index (χ0n) is 27.2. The average molecular weight is 678 g/mol. The monoisotopic (exact) mass is 677 g/mol. The van der Waals surface area contributed by atoms with Crippen LogP contribution in [-0.2, 0) is 30.4 Å². The Balaban J connectivity index is 0.00000576. The molecular weight excluding hydrogens is 638 g/mol. The summed E-state index contributed by atoms with van der Waals surface area (Å²) in [5.41, 5.74) is 2.31. The second-order valence-corrected chi connectivity index (χ2v) is 15.5. The Morgan fingerprint density at radius 1 is 1.11 bits per heavy atom. The maximum absolute atomic E-state index is 11.9. The molecule has 46 heavy (non-hydrogen) atoms. The molecule has 13 heteroatoms. The molecule has 0 saturated heterocycles. The first kappa shape index (κ1) is 38.0. The minimum absolute atomic E-state index is 0. The van der Waals surface area contributed by atoms with Gasteiger partial charge in [-0.3, -0.25) is 4.79 Å². The summed E-state index contributed by atoms with van der Waals surface area (Å²) in [6.07, 6.45) is 18.4. The maximum atomic E-state index is 11.9. The summed E-state index contributed by atoms with van der Waals surface area (Å²) in [5, 5.41) is 2.66. The van der Waals surface area contributed by atoms with Gasteiger partial charge in [0.15, 0.2) is 11.8 Å². The first-order chi connectivity index (χ1) is 20.9. The van der Waals surface area contributed by atoms with E-state index in [9.17, 15) is 30.7 Å². The molecule has 0 spiro atoms. The minimum Gasteiger partial charge on any atom is -0.744 e. The van der Waals surface area contributed by atoms with E-state index >= 15 is 0 Å². The molecule has 2 unspecified atom stereocenters. The molecule has 1 aromatic carbocycles. The average Bonchev–Trinajstić information content (AvgIpc) is 3.28. The van der Waals surface area contributed by atoms with Gasteiger partial charge in [-0.1, -0.05) is 38.3 Å². The van der Waals surface area contributed by atoms with Gasteiger partial charge in [0.2, 0.25) is 5.91 Å². The van der Waals surface area contributed by atoms with Gasteiger partial charge in [0.25, 0.3) is 0 Å². The van der Waals surface area contributed by atoms with Crippen molar-refractivity contribution in [2.75, 3.05) is 25.0 Å². The van der Waals surface area contributed by atoms with Crippen molar-refractivity contribution in [1.29, 1.82) is 0 Å². The van der Waals surface area contributed by atoms with Crippen LogP contribution in [0.1, 0.15) is 58.9 Å². The van der Waals surface area contributed by atoms with E-state index in [1.807, 2.05) is 53.0 Å². The largest absolute Gasteiger partial charge is 1.00 e. The molecular formula is C33H40N3NaO7S2. The van der Waals surface area contributed by atoms with Crippen molar-refractivity contribution in [1.82, 2.24) is 5.32 Å². The molecule has 0 bridgehead atoms. The van der Waals surface area contributed by atoms with Crippen molar-refractivity contribution in [2.45, 2.75) is 69.7 Å². The summed E-state index contributed by atoms with van der Waals surface area (Å²) < 4.78 is 72.8. The molecule has 0 fully saturated rings. The van der Waals surface area contributed by atoms with E-state index in [0.717, 1.165) is 35.5 Å². The third kappa shape index (κ3) is 7.79. The molecule has 0 aromatic heterocycles. The topological polar surface area (TPSA) is 150 Å². The Morgan fingerprint density at radius 2 is 1.80 bits per heavy atom. The number of rotatable bonds is 11. The summed E-state index contributed by atoms with van der Waals surface area (Å²) in [4.78, 5) is 13.5. The van der Waals surface area contributed by atoms with Gasteiger partial charge in [0, 0.05) is 35.8 Å². The van der Waals surface area contributed by atoms with Gasteiger partial charge in [-0.05, 0) is 68.7 Å². The summed E-state index contributed by atoms with van der Waals surface area (Å²) in [5.74, 6) is 2.07. The van der Waals surface area contributed by atoms with Crippen LogP contribution >= 0.6 is 0 Å². The molecule has 3 aliphatic rings. The van der Waals surface area contributed by atoms with Crippen LogP contribution in [0.15, 0.2) is 70.2 Å². The second-order valence-electron chi connectivity index (χ2n) is 12.7. The van der Waals surface area contributed by atoms with Crippen LogP contribution in [-0.4, -0.2) is 68.3 Å². The number of amides is 1. The molecule has 10 nitrogen and oxygen atoms in total. The molecule has 1 aliphatic carbocycles. The number of hydrogen-bond donors (Lipinski definition) is 1. The van der Waals surface area contributed by atoms with Crippen molar-refractivity contribution in [3.63, 3.8) is 0 Å². The van der Waals surface area contributed by atoms with Gasteiger partial charge in [-0.15, -0.1) is 6.42 Å². The first-order valence-electron chi connectivity index (χ1n) is 14.8. The van der Waals surface area contributed by atoms with Crippen molar-refractivity contribution in [3.05, 3.63) is 70.8 Å². The van der Waals surface area contributed by atoms with Gasteiger partial charge < -0.3 is 19.3 Å². The van der Waals surface area contributed by atoms with E-state index in [1.165, 1.54) is 18.2 Å². The molecule has 2 atom stereocenters. The summed E-state index contributed by atoms with van der Waals surface area (Å²) in [7, 11) is -7.29. The smallest absolute Gasteiger partial charge is 0.744 e. The molecule has 0 radical (unpaired) electrons. The standard InChI is InChI=1S/C33H41N3O7S2.Na/c1-7-19-34-31(37)14-9-8-10-20-36-28-18-16-24(45(41,42)43)22-26(28)33(4,5)30(36)13-11-12-29-32(2,3)25-21-23(44(38,39)40)15-17-27(25)35(29)6;/h1,11-13,15-18,21-22,25,27H,8-10,14,19-20H2,2-6H3,(H2-,34,37,38,39,40,41,42,43);/q;+1/p-1. The number of unbranched alkanes of at least 4 members (excludes halogenated alkanes) is 2. The molecule has 1 N–H and O–H groups in total. The Morgan fingerprint density at radius 3 is 2.43 bits per heavy atom.